The lowest BCUT2D eigenvalue weighted by atomic mass is 9.95. The van der Waals surface area contributed by atoms with E-state index < -0.39 is 0 Å². The van der Waals surface area contributed by atoms with Crippen molar-refractivity contribution in [2.45, 2.75) is 24.8 Å². The number of likely N-dealkylation sites (tertiary alicyclic amines) is 1. The van der Waals surface area contributed by atoms with Crippen LogP contribution >= 0.6 is 0 Å². The summed E-state index contributed by atoms with van der Waals surface area (Å²) < 4.78 is 0. The highest BCUT2D eigenvalue weighted by molar-refractivity contribution is 5.87. The summed E-state index contributed by atoms with van der Waals surface area (Å²) in [6.07, 6.45) is 1.03. The van der Waals surface area contributed by atoms with E-state index in [1.807, 2.05) is 23.1 Å². The summed E-state index contributed by atoms with van der Waals surface area (Å²) >= 11 is 0. The van der Waals surface area contributed by atoms with Crippen molar-refractivity contribution in [1.29, 1.82) is 0 Å². The smallest absolute Gasteiger partial charge is 0.226 e. The molecule has 2 saturated heterocycles. The highest BCUT2D eigenvalue weighted by atomic mass is 16.2. The second-order valence-corrected chi connectivity index (χ2v) is 5.96. The Bertz CT molecular complexity index is 532. The molecule has 0 radical (unpaired) electrons. The summed E-state index contributed by atoms with van der Waals surface area (Å²) in [6, 6.07) is 10.1. The van der Waals surface area contributed by atoms with Gasteiger partial charge in [0.2, 0.25) is 11.8 Å². The molecule has 0 aliphatic carbocycles. The van der Waals surface area contributed by atoms with Gasteiger partial charge in [0.05, 0.1) is 0 Å². The predicted octanol–water partition coefficient (Wildman–Crippen LogP) is 0.466. The number of nitrogens with one attached hydrogen (secondary N) is 1. The monoisotopic (exact) mass is 287 g/mol. The quantitative estimate of drug-likeness (QED) is 0.830. The molecular formula is C16H21N3O2. The van der Waals surface area contributed by atoms with Crippen molar-refractivity contribution >= 4 is 11.8 Å². The maximum atomic E-state index is 12.6. The Balaban J connectivity index is 1.68. The van der Waals surface area contributed by atoms with Crippen molar-refractivity contribution < 1.29 is 9.59 Å². The molecule has 3 atom stereocenters. The third-order valence-corrected chi connectivity index (χ3v) is 4.50. The van der Waals surface area contributed by atoms with Gasteiger partial charge >= 0.3 is 0 Å². The summed E-state index contributed by atoms with van der Waals surface area (Å²) in [6.45, 7) is 1.83. The Labute approximate surface area is 124 Å². The van der Waals surface area contributed by atoms with Crippen LogP contribution in [0.15, 0.2) is 30.3 Å². The van der Waals surface area contributed by atoms with Gasteiger partial charge in [0.25, 0.3) is 0 Å². The molecule has 2 heterocycles. The van der Waals surface area contributed by atoms with E-state index in [0.717, 1.165) is 6.42 Å². The van der Waals surface area contributed by atoms with E-state index in [2.05, 4.69) is 17.4 Å². The first kappa shape index (κ1) is 14.1. The van der Waals surface area contributed by atoms with Crippen LogP contribution in [0.25, 0.3) is 0 Å². The Kier molecular flexibility index (Phi) is 3.92. The standard InChI is InChI=1S/C16H21N3O2/c17-14-10-19(9-13(14)11-4-2-1-3-5-11)16(21)12-6-7-18-15(20)8-12/h1-5,12-14H,6-10,17H2,(H,18,20)/t12?,13-,14+/m0/s1. The van der Waals surface area contributed by atoms with Crippen molar-refractivity contribution in [2.24, 2.45) is 11.7 Å². The number of hydrogen-bond donors (Lipinski definition) is 2. The van der Waals surface area contributed by atoms with Crippen LogP contribution < -0.4 is 11.1 Å². The van der Waals surface area contributed by atoms with Gasteiger partial charge in [0, 0.05) is 43.9 Å². The molecule has 2 fully saturated rings. The van der Waals surface area contributed by atoms with Gasteiger partial charge in [-0.15, -0.1) is 0 Å². The van der Waals surface area contributed by atoms with Gasteiger partial charge in [-0.2, -0.15) is 0 Å². The first-order valence-electron chi connectivity index (χ1n) is 7.51. The number of hydrogen-bond acceptors (Lipinski definition) is 3. The molecule has 1 aromatic carbocycles. The van der Waals surface area contributed by atoms with Crippen molar-refractivity contribution in [1.82, 2.24) is 10.2 Å². The molecule has 2 aliphatic rings. The minimum Gasteiger partial charge on any atom is -0.356 e. The Morgan fingerprint density at radius 2 is 2.00 bits per heavy atom. The summed E-state index contributed by atoms with van der Waals surface area (Å²) in [5, 5.41) is 2.77. The van der Waals surface area contributed by atoms with Crippen molar-refractivity contribution in [3.63, 3.8) is 0 Å². The average molecular weight is 287 g/mol. The molecule has 112 valence electrons. The van der Waals surface area contributed by atoms with Gasteiger partial charge in [-0.1, -0.05) is 30.3 Å². The molecule has 0 bridgehead atoms. The summed E-state index contributed by atoms with van der Waals surface area (Å²) in [7, 11) is 0. The Morgan fingerprint density at radius 1 is 1.24 bits per heavy atom. The minimum atomic E-state index is -0.180. The van der Waals surface area contributed by atoms with E-state index in [-0.39, 0.29) is 29.7 Å². The van der Waals surface area contributed by atoms with Crippen molar-refractivity contribution in [3.8, 4) is 0 Å². The lowest BCUT2D eigenvalue weighted by Gasteiger charge is -2.26. The molecule has 0 spiro atoms. The van der Waals surface area contributed by atoms with Crippen LogP contribution in [-0.4, -0.2) is 42.4 Å². The van der Waals surface area contributed by atoms with Gasteiger partial charge in [0.1, 0.15) is 0 Å². The van der Waals surface area contributed by atoms with Crippen LogP contribution in [0.3, 0.4) is 0 Å². The van der Waals surface area contributed by atoms with E-state index >= 15 is 0 Å². The molecule has 2 aliphatic heterocycles. The molecule has 0 aromatic heterocycles. The van der Waals surface area contributed by atoms with Gasteiger partial charge in [-0.3, -0.25) is 9.59 Å². The summed E-state index contributed by atoms with van der Waals surface area (Å²) in [5.41, 5.74) is 7.40. The fraction of sp³-hybridized carbons (Fsp3) is 0.500. The van der Waals surface area contributed by atoms with E-state index in [0.29, 0.717) is 26.1 Å². The highest BCUT2D eigenvalue weighted by Crippen LogP contribution is 2.28. The molecule has 5 nitrogen and oxygen atoms in total. The second-order valence-electron chi connectivity index (χ2n) is 5.96. The molecule has 21 heavy (non-hydrogen) atoms. The Morgan fingerprint density at radius 3 is 2.71 bits per heavy atom. The van der Waals surface area contributed by atoms with Gasteiger partial charge < -0.3 is 16.0 Å². The first-order valence-corrected chi connectivity index (χ1v) is 7.51. The number of amides is 2. The van der Waals surface area contributed by atoms with Gasteiger partial charge in [-0.25, -0.2) is 0 Å². The molecular weight excluding hydrogens is 266 g/mol. The molecule has 1 unspecified atom stereocenters. The number of nitrogens with zero attached hydrogens (tertiary/aromatic N) is 1. The third-order valence-electron chi connectivity index (χ3n) is 4.50. The van der Waals surface area contributed by atoms with E-state index in [9.17, 15) is 9.59 Å². The maximum absolute atomic E-state index is 12.6. The molecule has 1 aromatic rings. The number of carbonyl (C=O) groups excluding carboxylic acids is 2. The normalized spacial score (nSPS) is 29.3. The number of benzene rings is 1. The van der Waals surface area contributed by atoms with Crippen LogP contribution in [0, 0.1) is 5.92 Å². The van der Waals surface area contributed by atoms with E-state index in [4.69, 9.17) is 5.73 Å². The van der Waals surface area contributed by atoms with Crippen molar-refractivity contribution in [2.75, 3.05) is 19.6 Å². The largest absolute Gasteiger partial charge is 0.356 e. The van der Waals surface area contributed by atoms with Crippen LogP contribution in [0.4, 0.5) is 0 Å². The minimum absolute atomic E-state index is 0.0253. The zero-order valence-electron chi connectivity index (χ0n) is 12.0. The van der Waals surface area contributed by atoms with E-state index in [1.165, 1.54) is 5.56 Å². The number of nitrogens with two attached hydrogens (primary N) is 1. The fourth-order valence-electron chi connectivity index (χ4n) is 3.31. The number of carbonyl (C=O) groups is 2. The molecule has 2 amide bonds. The number of piperidine rings is 1. The molecule has 3 rings (SSSR count). The fourth-order valence-corrected chi connectivity index (χ4v) is 3.31. The predicted molar refractivity (Wildman–Crippen MR) is 79.5 cm³/mol. The van der Waals surface area contributed by atoms with Crippen LogP contribution in [0.1, 0.15) is 24.3 Å². The number of rotatable bonds is 2. The molecule has 0 saturated carbocycles. The SMILES string of the molecule is N[C@@H]1CN(C(=O)C2CCNC(=O)C2)C[C@H]1c1ccccc1. The van der Waals surface area contributed by atoms with Crippen molar-refractivity contribution in [3.05, 3.63) is 35.9 Å². The van der Waals surface area contributed by atoms with Crippen LogP contribution in [0.2, 0.25) is 0 Å². The third kappa shape index (κ3) is 2.93. The Hall–Kier alpha value is -1.88. The summed E-state index contributed by atoms with van der Waals surface area (Å²) in [5.74, 6) is 0.0643. The lowest BCUT2D eigenvalue weighted by Crippen LogP contribution is -2.43. The van der Waals surface area contributed by atoms with Gasteiger partial charge in [-0.05, 0) is 12.0 Å². The molecule has 3 N–H and O–H groups in total. The zero-order valence-corrected chi connectivity index (χ0v) is 12.0. The average Bonchev–Trinajstić information content (AvgIpc) is 2.89. The second kappa shape index (κ2) is 5.85. The highest BCUT2D eigenvalue weighted by Gasteiger charge is 2.37. The van der Waals surface area contributed by atoms with Gasteiger partial charge in [0.15, 0.2) is 0 Å². The maximum Gasteiger partial charge on any atom is 0.226 e. The summed E-state index contributed by atoms with van der Waals surface area (Å²) in [4.78, 5) is 25.8. The zero-order chi connectivity index (χ0) is 14.8. The van der Waals surface area contributed by atoms with Crippen LogP contribution in [-0.2, 0) is 9.59 Å². The van der Waals surface area contributed by atoms with E-state index in [1.54, 1.807) is 0 Å². The van der Waals surface area contributed by atoms with Crippen LogP contribution in [0.5, 0.6) is 0 Å². The lowest BCUT2D eigenvalue weighted by molar-refractivity contribution is -0.139. The molecule has 5 heteroatoms. The topological polar surface area (TPSA) is 75.4 Å². The first-order chi connectivity index (χ1) is 10.1.